The fraction of sp³-hybridized carbons (Fsp3) is 0.250. The molecule has 2 amide bonds. The van der Waals surface area contributed by atoms with Crippen molar-refractivity contribution in [1.82, 2.24) is 19.8 Å². The fourth-order valence-electron chi connectivity index (χ4n) is 3.16. The largest absolute Gasteiger partial charge is 0.501 e. The van der Waals surface area contributed by atoms with Gasteiger partial charge >= 0.3 is 6.09 Å². The molecule has 34 heavy (non-hydrogen) atoms. The number of rotatable bonds is 7. The lowest BCUT2D eigenvalue weighted by Crippen LogP contribution is -2.36. The number of halogens is 1. The second-order valence-corrected chi connectivity index (χ2v) is 7.67. The number of benzene rings is 2. The van der Waals surface area contributed by atoms with Crippen LogP contribution in [-0.4, -0.2) is 38.6 Å². The molecule has 1 atom stereocenters. The number of nitrogens with one attached hydrogen (secondary N) is 1. The number of aromatic nitrogens is 2. The van der Waals surface area contributed by atoms with Crippen LogP contribution in [0.4, 0.5) is 9.18 Å². The molecule has 2 N–H and O–H groups in total. The van der Waals surface area contributed by atoms with Crippen LogP contribution < -0.4 is 10.9 Å². The first-order valence-corrected chi connectivity index (χ1v) is 10.4. The van der Waals surface area contributed by atoms with Crippen LogP contribution in [0.15, 0.2) is 59.4 Å². The number of carbonyl (C=O) groups is 2. The molecule has 0 radical (unpaired) electrons. The quantitative estimate of drug-likeness (QED) is 0.551. The van der Waals surface area contributed by atoms with Crippen LogP contribution in [0.2, 0.25) is 0 Å². The number of hydrogen-bond acceptors (Lipinski definition) is 6. The average molecular weight is 468 g/mol. The number of amides is 2. The molecule has 1 aromatic heterocycles. The molecule has 0 saturated carbocycles. The number of carbonyl (C=O) groups excluding carboxylic acids is 2. The van der Waals surface area contributed by atoms with Crippen LogP contribution in [0.1, 0.15) is 40.4 Å². The van der Waals surface area contributed by atoms with E-state index in [0.717, 1.165) is 10.1 Å². The maximum absolute atomic E-state index is 13.1. The minimum Gasteiger partial charge on any atom is -0.501 e. The average Bonchev–Trinajstić information content (AvgIpc) is 2.85. The summed E-state index contributed by atoms with van der Waals surface area (Å²) < 4.78 is 19.4. The number of ether oxygens (including phenoxy) is 1. The molecule has 0 spiro atoms. The Labute approximate surface area is 195 Å². The van der Waals surface area contributed by atoms with Gasteiger partial charge in [-0.25, -0.2) is 14.2 Å². The van der Waals surface area contributed by atoms with Crippen LogP contribution in [0.25, 0.3) is 0 Å². The van der Waals surface area contributed by atoms with Crippen molar-refractivity contribution in [3.63, 3.8) is 0 Å². The minimum absolute atomic E-state index is 0.0338. The minimum atomic E-state index is -0.838. The van der Waals surface area contributed by atoms with Crippen molar-refractivity contribution in [2.45, 2.75) is 26.1 Å². The number of nitrogens with zero attached hydrogens (tertiary/aromatic N) is 3. The predicted molar refractivity (Wildman–Crippen MR) is 122 cm³/mol. The highest BCUT2D eigenvalue weighted by molar-refractivity contribution is 5.94. The molecule has 2 aromatic carbocycles. The topological polar surface area (TPSA) is 114 Å². The summed E-state index contributed by atoms with van der Waals surface area (Å²) in [5, 5.41) is 12.8. The van der Waals surface area contributed by atoms with Crippen LogP contribution in [0.5, 0.6) is 5.75 Å². The highest BCUT2D eigenvalue weighted by atomic mass is 19.1. The molecule has 3 aromatic rings. The first-order valence-electron chi connectivity index (χ1n) is 10.4. The van der Waals surface area contributed by atoms with Gasteiger partial charge in [0.15, 0.2) is 5.69 Å². The third kappa shape index (κ3) is 5.58. The predicted octanol–water partition coefficient (Wildman–Crippen LogP) is 2.88. The van der Waals surface area contributed by atoms with Crippen molar-refractivity contribution in [3.8, 4) is 5.75 Å². The summed E-state index contributed by atoms with van der Waals surface area (Å²) >= 11 is 0. The van der Waals surface area contributed by atoms with Crippen molar-refractivity contribution in [1.29, 1.82) is 0 Å². The zero-order valence-electron chi connectivity index (χ0n) is 19.0. The lowest BCUT2D eigenvalue weighted by Gasteiger charge is -2.25. The lowest BCUT2D eigenvalue weighted by molar-refractivity contribution is 0.0911. The molecule has 0 bridgehead atoms. The molecule has 178 valence electrons. The summed E-state index contributed by atoms with van der Waals surface area (Å²) in [7, 11) is 2.86. The van der Waals surface area contributed by atoms with Crippen LogP contribution in [-0.2, 0) is 24.9 Å². The lowest BCUT2D eigenvalue weighted by atomic mass is 10.2. The van der Waals surface area contributed by atoms with Crippen molar-refractivity contribution in [2.24, 2.45) is 7.05 Å². The van der Waals surface area contributed by atoms with E-state index in [1.54, 1.807) is 6.92 Å². The van der Waals surface area contributed by atoms with Gasteiger partial charge in [-0.2, -0.15) is 0 Å². The molecule has 0 aliphatic heterocycles. The number of aromatic hydroxyl groups is 1. The van der Waals surface area contributed by atoms with E-state index < -0.39 is 40.9 Å². The van der Waals surface area contributed by atoms with Gasteiger partial charge in [0.2, 0.25) is 5.75 Å². The van der Waals surface area contributed by atoms with Gasteiger partial charge < -0.3 is 20.1 Å². The smallest absolute Gasteiger partial charge is 0.410 e. The monoisotopic (exact) mass is 468 g/mol. The normalized spacial score (nSPS) is 11.5. The molecule has 0 aliphatic rings. The van der Waals surface area contributed by atoms with Gasteiger partial charge in [0, 0.05) is 20.6 Å². The van der Waals surface area contributed by atoms with E-state index in [-0.39, 0.29) is 19.0 Å². The summed E-state index contributed by atoms with van der Waals surface area (Å²) in [5.41, 5.74) is 0.118. The SMILES string of the molecule is CC(c1nc(C(=O)NCc2ccc(F)cc2)c(O)c(=O)n1C)N(C)C(=O)OCc1ccccc1. The summed E-state index contributed by atoms with van der Waals surface area (Å²) in [4.78, 5) is 43.1. The third-order valence-electron chi connectivity index (χ3n) is 5.33. The summed E-state index contributed by atoms with van der Waals surface area (Å²) in [6.45, 7) is 1.71. The Morgan fingerprint density at radius 3 is 2.44 bits per heavy atom. The molecule has 0 aliphatic carbocycles. The number of hydrogen-bond donors (Lipinski definition) is 2. The Balaban J connectivity index is 1.76. The van der Waals surface area contributed by atoms with Gasteiger partial charge in [0.25, 0.3) is 11.5 Å². The summed E-state index contributed by atoms with van der Waals surface area (Å²) in [5.74, 6) is -1.94. The second kappa shape index (κ2) is 10.6. The van der Waals surface area contributed by atoms with Gasteiger partial charge in [-0.3, -0.25) is 14.2 Å². The fourth-order valence-corrected chi connectivity index (χ4v) is 3.16. The van der Waals surface area contributed by atoms with Gasteiger partial charge in [0.05, 0.1) is 6.04 Å². The maximum Gasteiger partial charge on any atom is 0.410 e. The Hall–Kier alpha value is -4.21. The zero-order chi connectivity index (χ0) is 24.8. The van der Waals surface area contributed by atoms with E-state index in [1.165, 1.54) is 43.3 Å². The second-order valence-electron chi connectivity index (χ2n) is 7.67. The van der Waals surface area contributed by atoms with Crippen molar-refractivity contribution in [3.05, 3.63) is 93.4 Å². The molecular weight excluding hydrogens is 443 g/mol. The van der Waals surface area contributed by atoms with Crippen LogP contribution >= 0.6 is 0 Å². The van der Waals surface area contributed by atoms with E-state index in [2.05, 4.69) is 10.3 Å². The molecular formula is C24H25FN4O5. The summed E-state index contributed by atoms with van der Waals surface area (Å²) in [6.07, 6.45) is -0.652. The molecule has 1 heterocycles. The molecule has 0 fully saturated rings. The zero-order valence-corrected chi connectivity index (χ0v) is 19.0. The maximum atomic E-state index is 13.1. The highest BCUT2D eigenvalue weighted by Gasteiger charge is 2.27. The van der Waals surface area contributed by atoms with Gasteiger partial charge in [-0.15, -0.1) is 0 Å². The molecule has 9 nitrogen and oxygen atoms in total. The van der Waals surface area contributed by atoms with Gasteiger partial charge in [-0.1, -0.05) is 42.5 Å². The van der Waals surface area contributed by atoms with Crippen molar-refractivity contribution in [2.75, 3.05) is 7.05 Å². The van der Waals surface area contributed by atoms with Gasteiger partial charge in [0.1, 0.15) is 18.2 Å². The van der Waals surface area contributed by atoms with E-state index in [4.69, 9.17) is 4.74 Å². The van der Waals surface area contributed by atoms with Crippen LogP contribution in [0, 0.1) is 5.82 Å². The van der Waals surface area contributed by atoms with Crippen LogP contribution in [0.3, 0.4) is 0 Å². The standard InChI is InChI=1S/C24H25FN4O5/c1-15(28(2)24(33)34-14-17-7-5-4-6-8-17)21-27-19(20(30)23(32)29(21)3)22(31)26-13-16-9-11-18(25)12-10-16/h4-12,15,30H,13-14H2,1-3H3,(H,26,31). The molecule has 10 heteroatoms. The van der Waals surface area contributed by atoms with Gasteiger partial charge in [-0.05, 0) is 30.2 Å². The Morgan fingerprint density at radius 1 is 1.15 bits per heavy atom. The third-order valence-corrected chi connectivity index (χ3v) is 5.33. The molecule has 1 unspecified atom stereocenters. The van der Waals surface area contributed by atoms with E-state index in [9.17, 15) is 23.9 Å². The summed E-state index contributed by atoms with van der Waals surface area (Å²) in [6, 6.07) is 13.9. The van der Waals surface area contributed by atoms with E-state index in [1.807, 2.05) is 30.3 Å². The van der Waals surface area contributed by atoms with E-state index >= 15 is 0 Å². The Kier molecular flexibility index (Phi) is 7.62. The van der Waals surface area contributed by atoms with Crippen molar-refractivity contribution >= 4 is 12.0 Å². The highest BCUT2D eigenvalue weighted by Crippen LogP contribution is 2.20. The Bertz CT molecular complexity index is 1230. The molecule has 0 saturated heterocycles. The first-order chi connectivity index (χ1) is 16.2. The van der Waals surface area contributed by atoms with Crippen molar-refractivity contribution < 1.29 is 23.8 Å². The van der Waals surface area contributed by atoms with E-state index in [0.29, 0.717) is 5.56 Å². The molecule has 3 rings (SSSR count). The Morgan fingerprint density at radius 2 is 1.79 bits per heavy atom. The first kappa shape index (κ1) is 24.4.